The fraction of sp³-hybridized carbons (Fsp3) is 0.385. The second kappa shape index (κ2) is 37.6. The maximum absolute atomic E-state index is 13.9. The number of nitrogens with one attached hydrogen (secondary N) is 5. The molecule has 125 heavy (non-hydrogen) atoms. The van der Waals surface area contributed by atoms with E-state index in [9.17, 15) is 46.7 Å². The van der Waals surface area contributed by atoms with Gasteiger partial charge in [-0.2, -0.15) is 0 Å². The monoisotopic (exact) mass is 1780 g/mol. The maximum Gasteiger partial charge on any atom is 0.312 e. The van der Waals surface area contributed by atoms with Crippen LogP contribution in [0.3, 0.4) is 0 Å². The first-order valence-electron chi connectivity index (χ1n) is 41.8. The molecule has 0 saturated carbocycles. The fourth-order valence-electron chi connectivity index (χ4n) is 16.9. The molecule has 4 saturated heterocycles. The number of nitro benzene ring substituents is 2. The number of allylic oxidation sites excluding steroid dienone is 2. The van der Waals surface area contributed by atoms with Crippen LogP contribution in [0.1, 0.15) is 124 Å². The molecule has 10 aromatic rings. The molecule has 4 aliphatic heterocycles. The number of sulfonamides is 2. The van der Waals surface area contributed by atoms with Crippen LogP contribution in [-0.4, -0.2) is 192 Å². The Bertz CT molecular complexity index is 5980. The van der Waals surface area contributed by atoms with Crippen LogP contribution in [0.2, 0.25) is 10.0 Å². The summed E-state index contributed by atoms with van der Waals surface area (Å²) in [6.07, 6.45) is 15.1. The number of pyridine rings is 2. The van der Waals surface area contributed by atoms with Gasteiger partial charge in [0.15, 0.2) is 5.75 Å². The highest BCUT2D eigenvalue weighted by Crippen LogP contribution is 2.47. The highest BCUT2D eigenvalue weighted by atomic mass is 35.5. The number of halogens is 2. The Labute approximate surface area is 735 Å². The lowest BCUT2D eigenvalue weighted by Gasteiger charge is -2.39. The number of benzene rings is 6. The number of ether oxygens (including phenoxy) is 6. The van der Waals surface area contributed by atoms with Crippen molar-refractivity contribution in [2.24, 2.45) is 16.6 Å². The number of hydrogen-bond donors (Lipinski definition) is 6. The molecule has 8 heterocycles. The molecule has 30 nitrogen and oxygen atoms in total. The largest absolute Gasteiger partial charge is 0.484 e. The lowest BCUT2D eigenvalue weighted by atomic mass is 9.72. The molecule has 6 aliphatic rings. The van der Waals surface area contributed by atoms with Crippen LogP contribution >= 0.6 is 23.2 Å². The van der Waals surface area contributed by atoms with Crippen LogP contribution in [0.25, 0.3) is 33.2 Å². The summed E-state index contributed by atoms with van der Waals surface area (Å²) >= 11 is 12.5. The molecular formula is C91H102Cl2N14O16S2. The first kappa shape index (κ1) is 88.8. The van der Waals surface area contributed by atoms with Gasteiger partial charge in [-0.05, 0) is 182 Å². The van der Waals surface area contributed by atoms with Crippen LogP contribution in [0.15, 0.2) is 191 Å². The van der Waals surface area contributed by atoms with Crippen molar-refractivity contribution in [3.63, 3.8) is 0 Å². The van der Waals surface area contributed by atoms with E-state index in [-0.39, 0.29) is 58.0 Å². The summed E-state index contributed by atoms with van der Waals surface area (Å²) < 4.78 is 94.0. The summed E-state index contributed by atoms with van der Waals surface area (Å²) in [6, 6.07) is 40.3. The quantitative estimate of drug-likeness (QED) is 0.0206. The van der Waals surface area contributed by atoms with Gasteiger partial charge in [-0.3, -0.25) is 39.6 Å². The van der Waals surface area contributed by atoms with Crippen molar-refractivity contribution < 1.29 is 64.7 Å². The van der Waals surface area contributed by atoms with Gasteiger partial charge in [0.05, 0.1) is 43.2 Å². The Balaban J connectivity index is 0.000000193. The first-order chi connectivity index (χ1) is 59.8. The molecule has 2 aliphatic carbocycles. The highest BCUT2D eigenvalue weighted by Gasteiger charge is 2.38. The van der Waals surface area contributed by atoms with Crippen molar-refractivity contribution in [3.8, 4) is 28.7 Å². The number of nitro groups is 2. The molecule has 6 aromatic carbocycles. The van der Waals surface area contributed by atoms with Crippen molar-refractivity contribution >= 4 is 117 Å². The number of carbonyl (C=O) groups is 2. The highest BCUT2D eigenvalue weighted by molar-refractivity contribution is 7.90. The van der Waals surface area contributed by atoms with E-state index in [1.54, 1.807) is 55.9 Å². The summed E-state index contributed by atoms with van der Waals surface area (Å²) in [7, 11) is -7.67. The Hall–Kier alpha value is -11.0. The van der Waals surface area contributed by atoms with Crippen molar-refractivity contribution in [2.45, 2.75) is 113 Å². The third-order valence-corrected chi connectivity index (χ3v) is 27.7. The number of hydrogen-bond acceptors (Lipinski definition) is 24. The zero-order chi connectivity index (χ0) is 88.0. The number of aromatic nitrogens is 4. The van der Waals surface area contributed by atoms with Gasteiger partial charge < -0.3 is 59.2 Å². The molecule has 0 radical (unpaired) electrons. The minimum Gasteiger partial charge on any atom is -0.484 e. The van der Waals surface area contributed by atoms with Crippen LogP contribution in [0, 0.1) is 31.1 Å². The molecule has 0 unspecified atom stereocenters. The summed E-state index contributed by atoms with van der Waals surface area (Å²) in [5.74, 6) is -1.18. The lowest BCUT2D eigenvalue weighted by molar-refractivity contribution is -0.386. The van der Waals surface area contributed by atoms with E-state index in [2.05, 4.69) is 106 Å². The Morgan fingerprint density at radius 1 is 0.544 bits per heavy atom. The normalized spacial score (nSPS) is 18.0. The molecule has 16 rings (SSSR count). The SMILES string of the molecule is CC1(C)CCC(CN2CCN(c3ccc(C(=O)NS(=O)(=O)c4ccc(NCC5(N)CCOCC5)c([N+](=O)[O-])c4)c(Oc4cnc5[nH]ccc5c4)c3)CC2)=C(c2ccc(Cl)cc2)C1.COC1(COc2ccc(S(=O)(=O)NC(=O)c3ccc(N4CCN(CC5=C(c6ccc(Cl)cc6)CC(C)(C)CC5)CC4)cc3Oc3cnc4[nH]ccc4c3)cc2[N+](=O)[O-])CCOCC1. The predicted octanol–water partition coefficient (Wildman–Crippen LogP) is 16.1. The average Bonchev–Trinajstić information content (AvgIpc) is 1.41. The molecule has 34 heteroatoms. The summed E-state index contributed by atoms with van der Waals surface area (Å²) in [4.78, 5) is 74.1. The van der Waals surface area contributed by atoms with Crippen LogP contribution in [0.5, 0.6) is 28.7 Å². The smallest absolute Gasteiger partial charge is 0.312 e. The number of aromatic amines is 2. The van der Waals surface area contributed by atoms with E-state index >= 15 is 0 Å². The van der Waals surface area contributed by atoms with Gasteiger partial charge >= 0.3 is 5.69 Å². The van der Waals surface area contributed by atoms with Gasteiger partial charge in [0.1, 0.15) is 52.2 Å². The lowest BCUT2D eigenvalue weighted by Crippen LogP contribution is -2.50. The van der Waals surface area contributed by atoms with Crippen LogP contribution in [0.4, 0.5) is 28.4 Å². The number of methoxy groups -OCH3 is 1. The van der Waals surface area contributed by atoms with E-state index in [4.69, 9.17) is 57.4 Å². The average molecular weight is 1780 g/mol. The summed E-state index contributed by atoms with van der Waals surface area (Å²) in [6.45, 7) is 19.3. The van der Waals surface area contributed by atoms with E-state index in [0.717, 1.165) is 141 Å². The van der Waals surface area contributed by atoms with E-state index in [0.29, 0.717) is 88.0 Å². The van der Waals surface area contributed by atoms with Gasteiger partial charge in [0.25, 0.3) is 37.5 Å². The van der Waals surface area contributed by atoms with Gasteiger partial charge in [-0.15, -0.1) is 0 Å². The number of nitrogens with zero attached hydrogens (tertiary/aromatic N) is 8. The number of H-pyrrole nitrogens is 2. The number of piperazine rings is 2. The molecular weight excluding hydrogens is 1680 g/mol. The van der Waals surface area contributed by atoms with Crippen molar-refractivity contribution in [3.05, 3.63) is 234 Å². The van der Waals surface area contributed by atoms with E-state index < -0.39 is 74.0 Å². The summed E-state index contributed by atoms with van der Waals surface area (Å²) in [5, 5.41) is 30.3. The first-order valence-corrected chi connectivity index (χ1v) is 45.5. The zero-order valence-electron chi connectivity index (χ0n) is 70.3. The number of nitrogens with two attached hydrogens (primary N) is 1. The standard InChI is InChI=1S/C46H51ClN6O9S.C45H51ClN8O7S/c1-45(2)14-12-33(39(27-45)31-4-6-34(47)7-5-31)29-51-18-20-52(21-19-51)35-8-10-38(42(25-35)62-36-24-32-13-17-48-43(32)49-28-36)44(54)50-63(57,58)37-9-11-41(40(26-37)53(55)56)61-30-46(59-3)15-22-60-23-16-46;1-44(2)13-11-32(38(26-44)30-3-5-33(46)6-4-30)28-52-17-19-53(20-18-52)34-7-9-37(41(24-34)61-35-23-31-12-16-48-42(31)49-27-35)43(55)51-62(58,59)36-8-10-39(40(25-36)54(56)57)50-29-45(47)14-21-60-22-15-45/h4-11,13,17,24-26,28H,12,14-16,18-23,27,29-30H2,1-3H3,(H,48,49)(H,50,54);3-10,12,16,23-25,27,50H,11,13-15,17-22,26,28-29,47H2,1-2H3,(H,48,49)(H,51,55). The molecule has 2 amide bonds. The van der Waals surface area contributed by atoms with Gasteiger partial charge in [0, 0.05) is 193 Å². The number of carbonyl (C=O) groups excluding carboxylic acids is 2. The van der Waals surface area contributed by atoms with Gasteiger partial charge in [-0.1, -0.05) is 86.3 Å². The number of amides is 2. The van der Waals surface area contributed by atoms with Crippen molar-refractivity contribution in [1.82, 2.24) is 39.2 Å². The van der Waals surface area contributed by atoms with Gasteiger partial charge in [-0.25, -0.2) is 36.2 Å². The zero-order valence-corrected chi connectivity index (χ0v) is 73.5. The predicted molar refractivity (Wildman–Crippen MR) is 481 cm³/mol. The third kappa shape index (κ3) is 21.6. The number of fused-ring (bicyclic) bond motifs is 2. The molecule has 658 valence electrons. The maximum atomic E-state index is 13.9. The van der Waals surface area contributed by atoms with E-state index in [1.165, 1.54) is 76.1 Å². The molecule has 0 bridgehead atoms. The van der Waals surface area contributed by atoms with Crippen molar-refractivity contribution in [1.29, 1.82) is 0 Å². The Kier molecular flexibility index (Phi) is 26.7. The van der Waals surface area contributed by atoms with E-state index in [1.807, 2.05) is 36.4 Å². The third-order valence-electron chi connectivity index (χ3n) is 24.5. The topological polar surface area (TPSA) is 377 Å². The number of anilines is 3. The fourth-order valence-corrected chi connectivity index (χ4v) is 19.2. The summed E-state index contributed by atoms with van der Waals surface area (Å²) in [5.41, 5.74) is 15.6. The number of rotatable bonds is 27. The van der Waals surface area contributed by atoms with Crippen molar-refractivity contribution in [2.75, 3.05) is 127 Å². The molecule has 4 aromatic heterocycles. The minimum absolute atomic E-state index is 0.000384. The second-order valence-corrected chi connectivity index (χ2v) is 38.7. The molecule has 4 fully saturated rings. The molecule has 0 atom stereocenters. The van der Waals surface area contributed by atoms with Crippen LogP contribution in [-0.2, 0) is 34.3 Å². The van der Waals surface area contributed by atoms with Crippen LogP contribution < -0.4 is 44.5 Å². The van der Waals surface area contributed by atoms with Gasteiger partial charge in [0.2, 0.25) is 0 Å². The second-order valence-electron chi connectivity index (χ2n) is 34.4. The molecule has 0 spiro atoms. The Morgan fingerprint density at radius 3 is 1.43 bits per heavy atom. The molecule has 7 N–H and O–H groups in total. The minimum atomic E-state index is -4.62. The Morgan fingerprint density at radius 2 is 0.984 bits per heavy atom.